The predicted octanol–water partition coefficient (Wildman–Crippen LogP) is 0.944. The lowest BCUT2D eigenvalue weighted by Crippen LogP contribution is -2.47. The fourth-order valence-corrected chi connectivity index (χ4v) is 1.22. The van der Waals surface area contributed by atoms with Crippen LogP contribution in [0.15, 0.2) is 0 Å². The van der Waals surface area contributed by atoms with Crippen LogP contribution in [0.1, 0.15) is 12.8 Å². The van der Waals surface area contributed by atoms with E-state index >= 15 is 0 Å². The topological polar surface area (TPSA) is 37.4 Å². The van der Waals surface area contributed by atoms with E-state index in [1.807, 2.05) is 0 Å². The molecule has 0 radical (unpaired) electrons. The van der Waals surface area contributed by atoms with Gasteiger partial charge in [-0.3, -0.25) is 14.5 Å². The maximum atomic E-state index is 12.1. The molecule has 1 heterocycles. The Morgan fingerprint density at radius 1 is 1.38 bits per heavy atom. The molecule has 1 rings (SSSR count). The van der Waals surface area contributed by atoms with Crippen LogP contribution in [0, 0.1) is 5.92 Å². The van der Waals surface area contributed by atoms with Crippen molar-refractivity contribution in [1.29, 1.82) is 0 Å². The normalized spacial score (nSPS) is 25.2. The van der Waals surface area contributed by atoms with Gasteiger partial charge in [0.05, 0.1) is 0 Å². The molecular formula is C7H8F3NO2. The Hall–Kier alpha value is -1.07. The van der Waals surface area contributed by atoms with Crippen molar-refractivity contribution in [2.45, 2.75) is 19.0 Å². The molecule has 0 aromatic carbocycles. The van der Waals surface area contributed by atoms with E-state index in [0.29, 0.717) is 4.90 Å². The summed E-state index contributed by atoms with van der Waals surface area (Å²) >= 11 is 0. The van der Waals surface area contributed by atoms with Crippen molar-refractivity contribution in [2.24, 2.45) is 5.92 Å². The highest BCUT2D eigenvalue weighted by Crippen LogP contribution is 2.33. The van der Waals surface area contributed by atoms with Gasteiger partial charge in [0.25, 0.3) is 0 Å². The number of hydrogen-bond acceptors (Lipinski definition) is 2. The van der Waals surface area contributed by atoms with Crippen molar-refractivity contribution in [1.82, 2.24) is 4.90 Å². The standard InChI is InChI=1S/C7H8F3NO2/c1-11-5(12)3-2-4(6(11)13)7(8,9)10/h4H,2-3H2,1H3. The van der Waals surface area contributed by atoms with Gasteiger partial charge in [-0.05, 0) is 6.42 Å². The average molecular weight is 195 g/mol. The Morgan fingerprint density at radius 3 is 2.38 bits per heavy atom. The molecule has 13 heavy (non-hydrogen) atoms. The summed E-state index contributed by atoms with van der Waals surface area (Å²) in [5, 5.41) is 0. The smallest absolute Gasteiger partial charge is 0.285 e. The molecule has 1 fully saturated rings. The molecule has 0 saturated carbocycles. The van der Waals surface area contributed by atoms with Gasteiger partial charge in [-0.25, -0.2) is 0 Å². The van der Waals surface area contributed by atoms with Crippen molar-refractivity contribution in [3.63, 3.8) is 0 Å². The summed E-state index contributed by atoms with van der Waals surface area (Å²) in [7, 11) is 1.07. The Balaban J connectivity index is 2.82. The molecule has 0 bridgehead atoms. The summed E-state index contributed by atoms with van der Waals surface area (Å²) in [6.45, 7) is 0. The van der Waals surface area contributed by atoms with E-state index in [1.165, 1.54) is 0 Å². The first-order chi connectivity index (χ1) is 5.84. The number of piperidine rings is 1. The Morgan fingerprint density at radius 2 is 1.92 bits per heavy atom. The lowest BCUT2D eigenvalue weighted by molar-refractivity contribution is -0.195. The number of likely N-dealkylation sites (tertiary alicyclic amines) is 1. The van der Waals surface area contributed by atoms with Gasteiger partial charge < -0.3 is 0 Å². The number of carbonyl (C=O) groups is 2. The minimum atomic E-state index is -4.54. The molecule has 6 heteroatoms. The summed E-state index contributed by atoms with van der Waals surface area (Å²) in [5.74, 6) is -3.70. The number of hydrogen-bond donors (Lipinski definition) is 0. The molecule has 3 nitrogen and oxygen atoms in total. The lowest BCUT2D eigenvalue weighted by atomic mass is 9.96. The monoisotopic (exact) mass is 195 g/mol. The maximum absolute atomic E-state index is 12.1. The summed E-state index contributed by atoms with van der Waals surface area (Å²) < 4.78 is 36.4. The molecule has 0 aliphatic carbocycles. The predicted molar refractivity (Wildman–Crippen MR) is 36.6 cm³/mol. The van der Waals surface area contributed by atoms with E-state index in [-0.39, 0.29) is 6.42 Å². The number of nitrogens with zero attached hydrogens (tertiary/aromatic N) is 1. The molecule has 1 atom stereocenters. The van der Waals surface area contributed by atoms with E-state index in [9.17, 15) is 22.8 Å². The first kappa shape index (κ1) is 10.0. The van der Waals surface area contributed by atoms with Crippen LogP contribution in [0.2, 0.25) is 0 Å². The molecule has 74 valence electrons. The Bertz CT molecular complexity index is 249. The van der Waals surface area contributed by atoms with Crippen LogP contribution >= 0.6 is 0 Å². The lowest BCUT2D eigenvalue weighted by Gasteiger charge is -2.28. The van der Waals surface area contributed by atoms with Gasteiger partial charge in [0, 0.05) is 13.5 Å². The Kier molecular flexibility index (Phi) is 2.32. The average Bonchev–Trinajstić information content (AvgIpc) is 1.98. The zero-order valence-electron chi connectivity index (χ0n) is 6.89. The third-order valence-electron chi connectivity index (χ3n) is 2.04. The highest BCUT2D eigenvalue weighted by Gasteiger charge is 2.49. The van der Waals surface area contributed by atoms with Crippen LogP contribution < -0.4 is 0 Å². The second-order valence-corrected chi connectivity index (χ2v) is 2.92. The van der Waals surface area contributed by atoms with Gasteiger partial charge in [0.15, 0.2) is 0 Å². The molecule has 1 aliphatic heterocycles. The number of alkyl halides is 3. The Labute approximate surface area is 72.5 Å². The van der Waals surface area contributed by atoms with Crippen molar-refractivity contribution in [3.05, 3.63) is 0 Å². The highest BCUT2D eigenvalue weighted by atomic mass is 19.4. The fourth-order valence-electron chi connectivity index (χ4n) is 1.22. The first-order valence-corrected chi connectivity index (χ1v) is 3.71. The highest BCUT2D eigenvalue weighted by molar-refractivity contribution is 5.98. The SMILES string of the molecule is CN1C(=O)CCC(C(F)(F)F)C1=O. The van der Waals surface area contributed by atoms with E-state index in [0.717, 1.165) is 7.05 Å². The number of amides is 2. The zero-order chi connectivity index (χ0) is 10.2. The van der Waals surface area contributed by atoms with Crippen LogP contribution in [0.25, 0.3) is 0 Å². The van der Waals surface area contributed by atoms with Gasteiger partial charge >= 0.3 is 6.18 Å². The third-order valence-corrected chi connectivity index (χ3v) is 2.04. The van der Waals surface area contributed by atoms with Gasteiger partial charge in [-0.15, -0.1) is 0 Å². The minimum Gasteiger partial charge on any atom is -0.285 e. The quantitative estimate of drug-likeness (QED) is 0.539. The number of imide groups is 1. The summed E-state index contributed by atoms with van der Waals surface area (Å²) in [5.41, 5.74) is 0. The van der Waals surface area contributed by atoms with Crippen LogP contribution in [-0.2, 0) is 9.59 Å². The van der Waals surface area contributed by atoms with Crippen molar-refractivity contribution < 1.29 is 22.8 Å². The molecule has 1 aliphatic rings. The van der Waals surface area contributed by atoms with E-state index in [1.54, 1.807) is 0 Å². The molecule has 1 unspecified atom stereocenters. The first-order valence-electron chi connectivity index (χ1n) is 3.71. The molecule has 0 aromatic heterocycles. The zero-order valence-corrected chi connectivity index (χ0v) is 6.89. The molecule has 2 amide bonds. The summed E-state index contributed by atoms with van der Waals surface area (Å²) in [6.07, 6.45) is -5.18. The fraction of sp³-hybridized carbons (Fsp3) is 0.714. The van der Waals surface area contributed by atoms with Gasteiger partial charge in [-0.2, -0.15) is 13.2 Å². The summed E-state index contributed by atoms with van der Waals surface area (Å²) in [6, 6.07) is 0. The van der Waals surface area contributed by atoms with Gasteiger partial charge in [0.1, 0.15) is 5.92 Å². The number of halogens is 3. The van der Waals surface area contributed by atoms with Crippen LogP contribution in [0.4, 0.5) is 13.2 Å². The van der Waals surface area contributed by atoms with E-state index in [4.69, 9.17) is 0 Å². The molecule has 0 N–H and O–H groups in total. The van der Waals surface area contributed by atoms with Crippen molar-refractivity contribution in [2.75, 3.05) is 7.05 Å². The third kappa shape index (κ3) is 1.81. The van der Waals surface area contributed by atoms with Crippen molar-refractivity contribution in [3.8, 4) is 0 Å². The van der Waals surface area contributed by atoms with E-state index in [2.05, 4.69) is 0 Å². The van der Waals surface area contributed by atoms with Crippen molar-refractivity contribution >= 4 is 11.8 Å². The van der Waals surface area contributed by atoms with Crippen LogP contribution in [0.5, 0.6) is 0 Å². The van der Waals surface area contributed by atoms with Gasteiger partial charge in [0.2, 0.25) is 11.8 Å². The maximum Gasteiger partial charge on any atom is 0.400 e. The van der Waals surface area contributed by atoms with Gasteiger partial charge in [-0.1, -0.05) is 0 Å². The van der Waals surface area contributed by atoms with Crippen LogP contribution in [-0.4, -0.2) is 29.9 Å². The largest absolute Gasteiger partial charge is 0.400 e. The second-order valence-electron chi connectivity index (χ2n) is 2.92. The molecule has 0 aromatic rings. The van der Waals surface area contributed by atoms with Crippen LogP contribution in [0.3, 0.4) is 0 Å². The second kappa shape index (κ2) is 3.01. The number of rotatable bonds is 0. The van der Waals surface area contributed by atoms with E-state index < -0.39 is 30.3 Å². The molecule has 0 spiro atoms. The molecular weight excluding hydrogens is 187 g/mol. The number of carbonyl (C=O) groups excluding carboxylic acids is 2. The minimum absolute atomic E-state index is 0.216. The molecule has 1 saturated heterocycles. The summed E-state index contributed by atoms with van der Waals surface area (Å²) in [4.78, 5) is 22.3.